The fraction of sp³-hybridized carbons (Fsp3) is 0. The second-order valence-electron chi connectivity index (χ2n) is 4.33. The van der Waals surface area contributed by atoms with Gasteiger partial charge in [-0.25, -0.2) is 0 Å². The summed E-state index contributed by atoms with van der Waals surface area (Å²) in [6.07, 6.45) is 2.61. The fourth-order valence-corrected chi connectivity index (χ4v) is 1.77. The van der Waals surface area contributed by atoms with E-state index in [2.05, 4.69) is 5.32 Å². The molecule has 0 unspecified atom stereocenters. The first-order valence-electron chi connectivity index (χ1n) is 6.33. The van der Waals surface area contributed by atoms with Crippen molar-refractivity contribution in [2.75, 3.05) is 5.32 Å². The van der Waals surface area contributed by atoms with Crippen LogP contribution in [0.15, 0.2) is 54.6 Å². The molecular formula is C16H11N3O3. The van der Waals surface area contributed by atoms with Gasteiger partial charge in [-0.15, -0.1) is 0 Å². The van der Waals surface area contributed by atoms with Crippen molar-refractivity contribution in [1.82, 2.24) is 0 Å². The smallest absolute Gasteiger partial charge is 0.276 e. The van der Waals surface area contributed by atoms with Gasteiger partial charge in [0.05, 0.1) is 22.1 Å². The maximum atomic E-state index is 11.8. The standard InChI is InChI=1S/C16H11N3O3/c17-11-12-5-8-14(9-6-12)18-16(20)10-7-13-3-1-2-4-15(13)19(21)22/h1-10H,(H,18,20)/b10-7+. The predicted molar refractivity (Wildman–Crippen MR) is 81.9 cm³/mol. The average Bonchev–Trinajstić information content (AvgIpc) is 2.54. The molecule has 0 aromatic heterocycles. The van der Waals surface area contributed by atoms with Crippen molar-refractivity contribution in [3.8, 4) is 6.07 Å². The molecule has 0 bridgehead atoms. The first-order valence-corrected chi connectivity index (χ1v) is 6.33. The van der Waals surface area contributed by atoms with Gasteiger partial charge in [0.1, 0.15) is 0 Å². The molecule has 0 spiro atoms. The third kappa shape index (κ3) is 3.77. The van der Waals surface area contributed by atoms with Gasteiger partial charge in [-0.05, 0) is 36.4 Å². The summed E-state index contributed by atoms with van der Waals surface area (Å²) in [7, 11) is 0. The molecule has 0 fully saturated rings. The second-order valence-corrected chi connectivity index (χ2v) is 4.33. The Bertz CT molecular complexity index is 774. The number of hydrogen-bond acceptors (Lipinski definition) is 4. The van der Waals surface area contributed by atoms with Crippen molar-refractivity contribution in [1.29, 1.82) is 5.26 Å². The van der Waals surface area contributed by atoms with Crippen LogP contribution in [0.3, 0.4) is 0 Å². The molecule has 0 saturated heterocycles. The fourth-order valence-electron chi connectivity index (χ4n) is 1.77. The van der Waals surface area contributed by atoms with Crippen LogP contribution in [-0.4, -0.2) is 10.8 Å². The van der Waals surface area contributed by atoms with Crippen molar-refractivity contribution >= 4 is 23.4 Å². The largest absolute Gasteiger partial charge is 0.323 e. The van der Waals surface area contributed by atoms with Gasteiger partial charge < -0.3 is 5.32 Å². The monoisotopic (exact) mass is 293 g/mol. The molecule has 22 heavy (non-hydrogen) atoms. The molecule has 0 radical (unpaired) electrons. The van der Waals surface area contributed by atoms with Crippen molar-refractivity contribution in [2.45, 2.75) is 0 Å². The number of para-hydroxylation sites is 1. The van der Waals surface area contributed by atoms with Crippen molar-refractivity contribution in [3.05, 3.63) is 75.8 Å². The Hall–Kier alpha value is -3.46. The number of carbonyl (C=O) groups excluding carboxylic acids is 1. The van der Waals surface area contributed by atoms with E-state index in [0.717, 1.165) is 0 Å². The Kier molecular flexibility index (Phi) is 4.63. The maximum absolute atomic E-state index is 11.8. The Morgan fingerprint density at radius 2 is 1.86 bits per heavy atom. The van der Waals surface area contributed by atoms with Gasteiger partial charge >= 0.3 is 0 Å². The van der Waals surface area contributed by atoms with Gasteiger partial charge in [0.15, 0.2) is 0 Å². The number of rotatable bonds is 4. The first-order chi connectivity index (χ1) is 10.6. The van der Waals surface area contributed by atoms with Crippen LogP contribution in [0, 0.1) is 21.4 Å². The van der Waals surface area contributed by atoms with Crippen LogP contribution in [0.1, 0.15) is 11.1 Å². The molecule has 0 saturated carbocycles. The summed E-state index contributed by atoms with van der Waals surface area (Å²) in [5.74, 6) is -0.414. The zero-order valence-corrected chi connectivity index (χ0v) is 11.4. The van der Waals surface area contributed by atoms with Crippen molar-refractivity contribution in [3.63, 3.8) is 0 Å². The molecule has 1 N–H and O–H groups in total. The quantitative estimate of drug-likeness (QED) is 0.532. The van der Waals surface area contributed by atoms with Crippen LogP contribution in [-0.2, 0) is 4.79 Å². The highest BCUT2D eigenvalue weighted by atomic mass is 16.6. The van der Waals surface area contributed by atoms with Crippen LogP contribution in [0.2, 0.25) is 0 Å². The Morgan fingerprint density at radius 3 is 2.50 bits per heavy atom. The van der Waals surface area contributed by atoms with Gasteiger partial charge in [0, 0.05) is 17.8 Å². The molecule has 6 nitrogen and oxygen atoms in total. The topological polar surface area (TPSA) is 96.0 Å². The number of amides is 1. The van der Waals surface area contributed by atoms with Gasteiger partial charge in [-0.1, -0.05) is 12.1 Å². The molecule has 0 aliphatic carbocycles. The van der Waals surface area contributed by atoms with E-state index < -0.39 is 10.8 Å². The van der Waals surface area contributed by atoms with E-state index >= 15 is 0 Å². The molecule has 6 heteroatoms. The summed E-state index contributed by atoms with van der Waals surface area (Å²) in [6.45, 7) is 0. The minimum absolute atomic E-state index is 0.0649. The van der Waals surface area contributed by atoms with E-state index in [-0.39, 0.29) is 5.69 Å². The number of carbonyl (C=O) groups is 1. The number of nitriles is 1. The normalized spacial score (nSPS) is 10.1. The van der Waals surface area contributed by atoms with Crippen LogP contribution in [0.5, 0.6) is 0 Å². The van der Waals surface area contributed by atoms with Gasteiger partial charge in [0.25, 0.3) is 5.69 Å². The summed E-state index contributed by atoms with van der Waals surface area (Å²) in [5.41, 5.74) is 1.32. The van der Waals surface area contributed by atoms with E-state index in [9.17, 15) is 14.9 Å². The lowest BCUT2D eigenvalue weighted by Gasteiger charge is -2.01. The van der Waals surface area contributed by atoms with Crippen LogP contribution >= 0.6 is 0 Å². The summed E-state index contributed by atoms with van der Waals surface area (Å²) < 4.78 is 0. The van der Waals surface area contributed by atoms with Gasteiger partial charge in [-0.2, -0.15) is 5.26 Å². The van der Waals surface area contributed by atoms with Gasteiger partial charge in [0.2, 0.25) is 5.91 Å². The number of nitrogens with one attached hydrogen (secondary N) is 1. The average molecular weight is 293 g/mol. The molecule has 2 rings (SSSR count). The van der Waals surface area contributed by atoms with Crippen LogP contribution < -0.4 is 5.32 Å². The van der Waals surface area contributed by atoms with E-state index in [1.165, 1.54) is 18.2 Å². The highest BCUT2D eigenvalue weighted by Gasteiger charge is 2.09. The van der Waals surface area contributed by atoms with Crippen LogP contribution in [0.25, 0.3) is 6.08 Å². The molecule has 0 heterocycles. The number of anilines is 1. The van der Waals surface area contributed by atoms with Crippen LogP contribution in [0.4, 0.5) is 11.4 Å². The van der Waals surface area contributed by atoms with E-state index in [1.54, 1.807) is 42.5 Å². The molecule has 0 aliphatic heterocycles. The molecular weight excluding hydrogens is 282 g/mol. The van der Waals surface area contributed by atoms with Crippen molar-refractivity contribution < 1.29 is 9.72 Å². The zero-order valence-electron chi connectivity index (χ0n) is 11.4. The maximum Gasteiger partial charge on any atom is 0.276 e. The van der Waals surface area contributed by atoms with Gasteiger partial charge in [-0.3, -0.25) is 14.9 Å². The molecule has 0 aliphatic rings. The number of benzene rings is 2. The number of nitro benzene ring substituents is 1. The highest BCUT2D eigenvalue weighted by Crippen LogP contribution is 2.19. The molecule has 2 aromatic rings. The van der Waals surface area contributed by atoms with E-state index in [4.69, 9.17) is 5.26 Å². The minimum Gasteiger partial charge on any atom is -0.323 e. The lowest BCUT2D eigenvalue weighted by molar-refractivity contribution is -0.385. The Balaban J connectivity index is 2.08. The van der Waals surface area contributed by atoms with E-state index in [0.29, 0.717) is 16.8 Å². The molecule has 2 aromatic carbocycles. The second kappa shape index (κ2) is 6.81. The van der Waals surface area contributed by atoms with E-state index in [1.807, 2.05) is 6.07 Å². The lowest BCUT2D eigenvalue weighted by Crippen LogP contribution is -2.07. The Labute approximate surface area is 126 Å². The predicted octanol–water partition coefficient (Wildman–Crippen LogP) is 3.12. The zero-order chi connectivity index (χ0) is 15.9. The number of nitro groups is 1. The number of nitrogens with zero attached hydrogens (tertiary/aromatic N) is 2. The first kappa shape index (κ1) is 14.9. The summed E-state index contributed by atoms with van der Waals surface area (Å²) in [5, 5.41) is 22.2. The minimum atomic E-state index is -0.502. The number of hydrogen-bond donors (Lipinski definition) is 1. The SMILES string of the molecule is N#Cc1ccc(NC(=O)/C=C/c2ccccc2[N+](=O)[O-])cc1. The molecule has 0 atom stereocenters. The third-order valence-corrected chi connectivity index (χ3v) is 2.83. The third-order valence-electron chi connectivity index (χ3n) is 2.83. The highest BCUT2D eigenvalue weighted by molar-refractivity contribution is 6.02. The summed E-state index contributed by atoms with van der Waals surface area (Å²) in [4.78, 5) is 22.1. The Morgan fingerprint density at radius 1 is 1.18 bits per heavy atom. The summed E-state index contributed by atoms with van der Waals surface area (Å²) in [6, 6.07) is 14.5. The van der Waals surface area contributed by atoms with Crippen molar-refractivity contribution in [2.24, 2.45) is 0 Å². The molecule has 108 valence electrons. The molecule has 1 amide bonds. The summed E-state index contributed by atoms with van der Waals surface area (Å²) >= 11 is 0. The lowest BCUT2D eigenvalue weighted by atomic mass is 10.1.